The van der Waals surface area contributed by atoms with Gasteiger partial charge in [0.05, 0.1) is 11.7 Å². The van der Waals surface area contributed by atoms with Crippen LogP contribution in [0.5, 0.6) is 0 Å². The number of nitrogens with zero attached hydrogens (tertiary/aromatic N) is 1. The molecule has 0 bridgehead atoms. The summed E-state index contributed by atoms with van der Waals surface area (Å²) in [4.78, 5) is 15.9. The van der Waals surface area contributed by atoms with Crippen LogP contribution in [0.25, 0.3) is 0 Å². The lowest BCUT2D eigenvalue weighted by atomic mass is 9.87. The summed E-state index contributed by atoms with van der Waals surface area (Å²) in [5.74, 6) is 0.396. The molecule has 0 aromatic carbocycles. The van der Waals surface area contributed by atoms with Crippen LogP contribution in [0.2, 0.25) is 0 Å². The Morgan fingerprint density at radius 3 is 2.78 bits per heavy atom. The molecule has 4 nitrogen and oxygen atoms in total. The minimum atomic E-state index is -0.147. The molecule has 18 heavy (non-hydrogen) atoms. The van der Waals surface area contributed by atoms with Gasteiger partial charge in [0.25, 0.3) is 5.91 Å². The highest BCUT2D eigenvalue weighted by Crippen LogP contribution is 2.23. The molecule has 0 radical (unpaired) electrons. The number of amides is 1. The maximum atomic E-state index is 11.9. The molecule has 1 heterocycles. The van der Waals surface area contributed by atoms with E-state index in [9.17, 15) is 9.90 Å². The summed E-state index contributed by atoms with van der Waals surface area (Å²) in [5.41, 5.74) is 0.570. The Hall–Kier alpha value is -0.940. The molecule has 0 unspecified atom stereocenters. The Labute approximate surface area is 115 Å². The lowest BCUT2D eigenvalue weighted by Gasteiger charge is -2.25. The Morgan fingerprint density at radius 1 is 1.39 bits per heavy atom. The maximum absolute atomic E-state index is 11.9. The van der Waals surface area contributed by atoms with Crippen LogP contribution in [0.4, 0.5) is 0 Å². The fourth-order valence-corrected chi connectivity index (χ4v) is 2.59. The summed E-state index contributed by atoms with van der Waals surface area (Å²) in [6.45, 7) is 0.679. The number of nitrogens with one attached hydrogen (secondary N) is 1. The highest BCUT2D eigenvalue weighted by atomic mass is 79.9. The van der Waals surface area contributed by atoms with Crippen LogP contribution in [-0.4, -0.2) is 28.6 Å². The molecule has 98 valence electrons. The fraction of sp³-hybridized carbons (Fsp3) is 0.538. The molecule has 1 aromatic heterocycles. The molecule has 0 saturated heterocycles. The van der Waals surface area contributed by atoms with Gasteiger partial charge in [0, 0.05) is 23.4 Å². The van der Waals surface area contributed by atoms with Crippen LogP contribution in [0.1, 0.15) is 36.0 Å². The lowest BCUT2D eigenvalue weighted by Crippen LogP contribution is -2.32. The van der Waals surface area contributed by atoms with Crippen LogP contribution in [0, 0.1) is 5.92 Å². The van der Waals surface area contributed by atoms with Gasteiger partial charge in [-0.15, -0.1) is 0 Å². The first-order valence-corrected chi connectivity index (χ1v) is 7.01. The molecule has 1 amide bonds. The van der Waals surface area contributed by atoms with Crippen molar-refractivity contribution in [3.8, 4) is 0 Å². The molecule has 1 aliphatic carbocycles. The molecule has 0 spiro atoms. The molecule has 1 aromatic rings. The fourth-order valence-electron chi connectivity index (χ4n) is 2.22. The molecule has 0 aliphatic heterocycles. The zero-order valence-corrected chi connectivity index (χ0v) is 11.7. The van der Waals surface area contributed by atoms with Gasteiger partial charge in [0.15, 0.2) is 0 Å². The van der Waals surface area contributed by atoms with Crippen molar-refractivity contribution in [1.82, 2.24) is 10.3 Å². The van der Waals surface area contributed by atoms with Gasteiger partial charge in [-0.1, -0.05) is 0 Å². The van der Waals surface area contributed by atoms with Crippen molar-refractivity contribution in [2.24, 2.45) is 5.92 Å². The third-order valence-corrected chi connectivity index (χ3v) is 3.77. The molecule has 0 atom stereocenters. The second-order valence-corrected chi connectivity index (χ2v) is 5.69. The van der Waals surface area contributed by atoms with Gasteiger partial charge in [-0.05, 0) is 53.6 Å². The van der Waals surface area contributed by atoms with Crippen molar-refractivity contribution < 1.29 is 9.90 Å². The number of aliphatic hydroxyl groups excluding tert-OH is 1. The van der Waals surface area contributed by atoms with E-state index in [1.807, 2.05) is 0 Å². The Balaban J connectivity index is 1.81. The summed E-state index contributed by atoms with van der Waals surface area (Å²) in [6, 6.07) is 1.76. The Kier molecular flexibility index (Phi) is 4.72. The smallest absolute Gasteiger partial charge is 0.252 e. The number of carbonyl (C=O) groups is 1. The molecular formula is C13H17BrN2O2. The first-order chi connectivity index (χ1) is 8.65. The largest absolute Gasteiger partial charge is 0.393 e. The van der Waals surface area contributed by atoms with E-state index < -0.39 is 0 Å². The van der Waals surface area contributed by atoms with Gasteiger partial charge in [-0.25, -0.2) is 0 Å². The van der Waals surface area contributed by atoms with Gasteiger partial charge in [-0.3, -0.25) is 9.78 Å². The normalized spacial score (nSPS) is 23.7. The number of aliphatic hydroxyl groups is 1. The Bertz CT molecular complexity index is 417. The zero-order valence-electron chi connectivity index (χ0n) is 10.1. The third-order valence-electron chi connectivity index (χ3n) is 3.33. The SMILES string of the molecule is O=C(NCC1CCC(O)CC1)c1cncc(Br)c1. The van der Waals surface area contributed by atoms with Crippen LogP contribution >= 0.6 is 15.9 Å². The summed E-state index contributed by atoms with van der Waals surface area (Å²) in [5, 5.41) is 12.3. The van der Waals surface area contributed by atoms with Crippen molar-refractivity contribution in [1.29, 1.82) is 0 Å². The molecule has 1 aliphatic rings. The van der Waals surface area contributed by atoms with Crippen molar-refractivity contribution in [2.75, 3.05) is 6.54 Å². The minimum absolute atomic E-state index is 0.0880. The van der Waals surface area contributed by atoms with Gasteiger partial charge >= 0.3 is 0 Å². The summed E-state index contributed by atoms with van der Waals surface area (Å²) in [7, 11) is 0. The number of rotatable bonds is 3. The number of aromatic nitrogens is 1. The highest BCUT2D eigenvalue weighted by Gasteiger charge is 2.19. The quantitative estimate of drug-likeness (QED) is 0.898. The molecule has 2 rings (SSSR count). The molecule has 1 fully saturated rings. The minimum Gasteiger partial charge on any atom is -0.393 e. The number of pyridine rings is 1. The van der Waals surface area contributed by atoms with E-state index in [1.54, 1.807) is 18.5 Å². The molecule has 1 saturated carbocycles. The maximum Gasteiger partial charge on any atom is 0.252 e. The number of halogens is 1. The van der Waals surface area contributed by atoms with Gasteiger partial charge < -0.3 is 10.4 Å². The van der Waals surface area contributed by atoms with Crippen molar-refractivity contribution >= 4 is 21.8 Å². The van der Waals surface area contributed by atoms with Crippen molar-refractivity contribution in [2.45, 2.75) is 31.8 Å². The predicted octanol–water partition coefficient (Wildman–Crippen LogP) is 2.12. The van der Waals surface area contributed by atoms with E-state index in [0.29, 0.717) is 18.0 Å². The van der Waals surface area contributed by atoms with Gasteiger partial charge in [0.2, 0.25) is 0 Å². The van der Waals surface area contributed by atoms with E-state index in [-0.39, 0.29) is 12.0 Å². The van der Waals surface area contributed by atoms with E-state index in [1.165, 1.54) is 0 Å². The standard InChI is InChI=1S/C13H17BrN2O2/c14-11-5-10(7-15-8-11)13(18)16-6-9-1-3-12(17)4-2-9/h5,7-9,12,17H,1-4,6H2,(H,16,18). The average molecular weight is 313 g/mol. The second kappa shape index (κ2) is 6.29. The first kappa shape index (κ1) is 13.5. The van der Waals surface area contributed by atoms with Crippen LogP contribution in [0.3, 0.4) is 0 Å². The first-order valence-electron chi connectivity index (χ1n) is 6.22. The van der Waals surface area contributed by atoms with Crippen molar-refractivity contribution in [3.63, 3.8) is 0 Å². The Morgan fingerprint density at radius 2 is 2.11 bits per heavy atom. The summed E-state index contributed by atoms with van der Waals surface area (Å²) in [6.07, 6.45) is 6.73. The third kappa shape index (κ3) is 3.78. The number of hydrogen-bond donors (Lipinski definition) is 2. The van der Waals surface area contributed by atoms with E-state index in [2.05, 4.69) is 26.2 Å². The molecule has 5 heteroatoms. The zero-order chi connectivity index (χ0) is 13.0. The topological polar surface area (TPSA) is 62.2 Å². The van der Waals surface area contributed by atoms with E-state index in [0.717, 1.165) is 30.2 Å². The highest BCUT2D eigenvalue weighted by molar-refractivity contribution is 9.10. The summed E-state index contributed by atoms with van der Waals surface area (Å²) < 4.78 is 0.802. The van der Waals surface area contributed by atoms with Gasteiger partial charge in [-0.2, -0.15) is 0 Å². The monoisotopic (exact) mass is 312 g/mol. The van der Waals surface area contributed by atoms with E-state index >= 15 is 0 Å². The molecular weight excluding hydrogens is 296 g/mol. The number of hydrogen-bond acceptors (Lipinski definition) is 3. The summed E-state index contributed by atoms with van der Waals surface area (Å²) >= 11 is 3.29. The van der Waals surface area contributed by atoms with Crippen molar-refractivity contribution in [3.05, 3.63) is 28.5 Å². The van der Waals surface area contributed by atoms with Crippen LogP contribution in [0.15, 0.2) is 22.9 Å². The van der Waals surface area contributed by atoms with E-state index in [4.69, 9.17) is 0 Å². The van der Waals surface area contributed by atoms with Crippen LogP contribution < -0.4 is 5.32 Å². The predicted molar refractivity (Wildman–Crippen MR) is 72.2 cm³/mol. The molecule has 2 N–H and O–H groups in total. The van der Waals surface area contributed by atoms with Gasteiger partial charge in [0.1, 0.15) is 0 Å². The lowest BCUT2D eigenvalue weighted by molar-refractivity contribution is 0.0910. The second-order valence-electron chi connectivity index (χ2n) is 4.78. The average Bonchev–Trinajstić information content (AvgIpc) is 2.38. The van der Waals surface area contributed by atoms with Crippen LogP contribution in [-0.2, 0) is 0 Å². The number of carbonyl (C=O) groups excluding carboxylic acids is 1.